The van der Waals surface area contributed by atoms with E-state index < -0.39 is 0 Å². The minimum absolute atomic E-state index is 0.0418. The number of amides is 1. The van der Waals surface area contributed by atoms with Crippen molar-refractivity contribution in [1.29, 1.82) is 0 Å². The molecule has 0 aliphatic carbocycles. The second-order valence-corrected chi connectivity index (χ2v) is 7.20. The molecule has 1 aliphatic heterocycles. The molecule has 1 heterocycles. The Bertz CT molecular complexity index is 326. The zero-order valence-corrected chi connectivity index (χ0v) is 14.2. The van der Waals surface area contributed by atoms with Crippen molar-refractivity contribution in [1.82, 2.24) is 10.2 Å². The van der Waals surface area contributed by atoms with Gasteiger partial charge < -0.3 is 9.64 Å². The van der Waals surface area contributed by atoms with Gasteiger partial charge in [0.2, 0.25) is 5.91 Å². The summed E-state index contributed by atoms with van der Waals surface area (Å²) in [7, 11) is 0. The van der Waals surface area contributed by atoms with E-state index in [9.17, 15) is 4.79 Å². The van der Waals surface area contributed by atoms with Crippen molar-refractivity contribution < 1.29 is 9.53 Å². The van der Waals surface area contributed by atoms with Crippen molar-refractivity contribution in [3.05, 3.63) is 0 Å². The van der Waals surface area contributed by atoms with E-state index in [1.807, 2.05) is 11.8 Å². The molecule has 4 heteroatoms. The molecule has 2 unspecified atom stereocenters. The van der Waals surface area contributed by atoms with Gasteiger partial charge in [-0.3, -0.25) is 10.1 Å². The number of nitrogens with zero attached hydrogens (tertiary/aromatic N) is 1. The van der Waals surface area contributed by atoms with Gasteiger partial charge in [-0.2, -0.15) is 0 Å². The average molecular weight is 284 g/mol. The van der Waals surface area contributed by atoms with Crippen LogP contribution in [0.1, 0.15) is 54.9 Å². The van der Waals surface area contributed by atoms with Gasteiger partial charge in [-0.1, -0.05) is 27.7 Å². The van der Waals surface area contributed by atoms with Gasteiger partial charge in [0.15, 0.2) is 0 Å². The summed E-state index contributed by atoms with van der Waals surface area (Å²) in [4.78, 5) is 14.6. The number of carbonyl (C=O) groups excluding carboxylic acids is 1. The molecule has 0 aromatic carbocycles. The molecular weight excluding hydrogens is 252 g/mol. The molecule has 1 aliphatic rings. The second kappa shape index (κ2) is 6.90. The highest BCUT2D eigenvalue weighted by Gasteiger charge is 2.42. The van der Waals surface area contributed by atoms with E-state index in [1.54, 1.807) is 0 Å². The molecule has 2 atom stereocenters. The van der Waals surface area contributed by atoms with Crippen LogP contribution in [0.2, 0.25) is 0 Å². The van der Waals surface area contributed by atoms with Crippen LogP contribution < -0.4 is 5.32 Å². The molecule has 0 spiro atoms. The van der Waals surface area contributed by atoms with Crippen LogP contribution in [0.25, 0.3) is 0 Å². The van der Waals surface area contributed by atoms with Gasteiger partial charge in [-0.15, -0.1) is 0 Å². The quantitative estimate of drug-likeness (QED) is 0.781. The van der Waals surface area contributed by atoms with Gasteiger partial charge in [0.05, 0.1) is 24.4 Å². The maximum atomic E-state index is 12.6. The topological polar surface area (TPSA) is 41.6 Å². The largest absolute Gasteiger partial charge is 0.374 e. The molecule has 4 nitrogen and oxygen atoms in total. The van der Waals surface area contributed by atoms with Crippen LogP contribution in [-0.4, -0.2) is 41.8 Å². The summed E-state index contributed by atoms with van der Waals surface area (Å²) in [6.45, 7) is 16.0. The van der Waals surface area contributed by atoms with Crippen LogP contribution in [-0.2, 0) is 9.53 Å². The fourth-order valence-corrected chi connectivity index (χ4v) is 2.92. The first-order chi connectivity index (χ1) is 9.18. The molecule has 1 amide bonds. The van der Waals surface area contributed by atoms with Gasteiger partial charge in [0.1, 0.15) is 0 Å². The number of hydrogen-bond donors (Lipinski definition) is 1. The van der Waals surface area contributed by atoms with Crippen molar-refractivity contribution >= 4 is 5.91 Å². The first-order valence-electron chi connectivity index (χ1n) is 7.88. The van der Waals surface area contributed by atoms with Gasteiger partial charge >= 0.3 is 0 Å². The molecule has 1 rings (SSSR count). The molecule has 20 heavy (non-hydrogen) atoms. The van der Waals surface area contributed by atoms with Gasteiger partial charge in [0, 0.05) is 6.61 Å². The number of ether oxygens (including phenoxy) is 1. The zero-order valence-electron chi connectivity index (χ0n) is 14.2. The normalized spacial score (nSPS) is 24.2. The van der Waals surface area contributed by atoms with Crippen LogP contribution >= 0.6 is 0 Å². The van der Waals surface area contributed by atoms with Crippen molar-refractivity contribution in [2.45, 2.75) is 72.7 Å². The van der Waals surface area contributed by atoms with Crippen LogP contribution in [0.3, 0.4) is 0 Å². The average Bonchev–Trinajstić information content (AvgIpc) is 2.56. The molecular formula is C16H32N2O2. The van der Waals surface area contributed by atoms with E-state index in [-0.39, 0.29) is 23.7 Å². The van der Waals surface area contributed by atoms with Crippen molar-refractivity contribution in [2.24, 2.45) is 11.8 Å². The Morgan fingerprint density at radius 2 is 1.90 bits per heavy atom. The fraction of sp³-hybridized carbons (Fsp3) is 0.938. The molecule has 1 saturated heterocycles. The van der Waals surface area contributed by atoms with Crippen LogP contribution in [0.4, 0.5) is 0 Å². The third-order valence-electron chi connectivity index (χ3n) is 3.71. The third kappa shape index (κ3) is 4.45. The fourth-order valence-electron chi connectivity index (χ4n) is 2.92. The summed E-state index contributed by atoms with van der Waals surface area (Å²) < 4.78 is 5.76. The highest BCUT2D eigenvalue weighted by molar-refractivity contribution is 5.84. The van der Waals surface area contributed by atoms with Gasteiger partial charge in [-0.25, -0.2) is 0 Å². The molecule has 118 valence electrons. The maximum Gasteiger partial charge on any atom is 0.241 e. The lowest BCUT2D eigenvalue weighted by Crippen LogP contribution is -2.48. The Morgan fingerprint density at radius 3 is 2.35 bits per heavy atom. The summed E-state index contributed by atoms with van der Waals surface area (Å²) in [6.07, 6.45) is 1.01. The summed E-state index contributed by atoms with van der Waals surface area (Å²) >= 11 is 0. The molecule has 0 radical (unpaired) electrons. The van der Waals surface area contributed by atoms with Crippen LogP contribution in [0, 0.1) is 11.8 Å². The van der Waals surface area contributed by atoms with E-state index >= 15 is 0 Å². The van der Waals surface area contributed by atoms with E-state index in [4.69, 9.17) is 4.74 Å². The lowest BCUT2D eigenvalue weighted by Gasteiger charge is -2.34. The van der Waals surface area contributed by atoms with Crippen molar-refractivity contribution in [2.75, 3.05) is 13.2 Å². The first-order valence-corrected chi connectivity index (χ1v) is 7.88. The van der Waals surface area contributed by atoms with Gasteiger partial charge in [-0.05, 0) is 39.0 Å². The standard InChI is InChI=1S/C16H32N2O2/c1-8-20-16(6,7)10-18-14(12(4)5)17-13(15(18)19)9-11(2)3/h11-14,17H,8-10H2,1-7H3. The Kier molecular flexibility index (Phi) is 6.02. The molecule has 1 N–H and O–H groups in total. The number of nitrogens with one attached hydrogen (secondary N) is 1. The Balaban J connectivity index is 2.82. The molecule has 0 saturated carbocycles. The lowest BCUT2D eigenvalue weighted by atomic mass is 10.0. The predicted molar refractivity (Wildman–Crippen MR) is 82.4 cm³/mol. The first kappa shape index (κ1) is 17.4. The summed E-state index contributed by atoms with van der Waals surface area (Å²) in [5, 5.41) is 3.51. The number of rotatable bonds is 7. The minimum Gasteiger partial charge on any atom is -0.374 e. The monoisotopic (exact) mass is 284 g/mol. The highest BCUT2D eigenvalue weighted by Crippen LogP contribution is 2.24. The second-order valence-electron chi connectivity index (χ2n) is 7.20. The Morgan fingerprint density at radius 1 is 1.30 bits per heavy atom. The molecule has 1 fully saturated rings. The SMILES string of the molecule is CCOC(C)(C)CN1C(=O)C(CC(C)C)NC1C(C)C. The van der Waals surface area contributed by atoms with Crippen molar-refractivity contribution in [3.63, 3.8) is 0 Å². The summed E-state index contributed by atoms with van der Waals surface area (Å²) in [5.74, 6) is 1.14. The molecule has 0 bridgehead atoms. The van der Waals surface area contributed by atoms with Crippen molar-refractivity contribution in [3.8, 4) is 0 Å². The third-order valence-corrected chi connectivity index (χ3v) is 3.71. The Labute approximate surface area is 124 Å². The summed E-state index contributed by atoms with van der Waals surface area (Å²) in [5.41, 5.74) is -0.300. The number of carbonyl (C=O) groups is 1. The summed E-state index contributed by atoms with van der Waals surface area (Å²) in [6, 6.07) is -0.0418. The van der Waals surface area contributed by atoms with Gasteiger partial charge in [0.25, 0.3) is 0 Å². The van der Waals surface area contributed by atoms with Crippen LogP contribution in [0.15, 0.2) is 0 Å². The lowest BCUT2D eigenvalue weighted by molar-refractivity contribution is -0.135. The predicted octanol–water partition coefficient (Wildman–Crippen LogP) is 2.63. The number of hydrogen-bond acceptors (Lipinski definition) is 3. The van der Waals surface area contributed by atoms with E-state index in [0.29, 0.717) is 25.0 Å². The maximum absolute atomic E-state index is 12.6. The smallest absolute Gasteiger partial charge is 0.241 e. The van der Waals surface area contributed by atoms with E-state index in [0.717, 1.165) is 6.42 Å². The molecule has 0 aromatic rings. The minimum atomic E-state index is -0.300. The molecule has 0 aromatic heterocycles. The van der Waals surface area contributed by atoms with E-state index in [2.05, 4.69) is 46.9 Å². The van der Waals surface area contributed by atoms with Crippen LogP contribution in [0.5, 0.6) is 0 Å². The van der Waals surface area contributed by atoms with E-state index in [1.165, 1.54) is 0 Å². The Hall–Kier alpha value is -0.610. The highest BCUT2D eigenvalue weighted by atomic mass is 16.5. The zero-order chi connectivity index (χ0) is 15.5.